The van der Waals surface area contributed by atoms with Crippen LogP contribution in [0, 0.1) is 11.8 Å². The highest BCUT2D eigenvalue weighted by molar-refractivity contribution is 5.89. The molecule has 0 aliphatic carbocycles. The lowest BCUT2D eigenvalue weighted by Crippen LogP contribution is -2.68. The number of nitrogens with zero attached hydrogens (tertiary/aromatic N) is 2. The number of carboxylic acids is 1. The van der Waals surface area contributed by atoms with Gasteiger partial charge in [-0.05, 0) is 73.5 Å². The molecule has 8 heteroatoms. The van der Waals surface area contributed by atoms with Gasteiger partial charge in [0.1, 0.15) is 12.4 Å². The van der Waals surface area contributed by atoms with Gasteiger partial charge >= 0.3 is 12.0 Å². The minimum absolute atomic E-state index is 0.0326. The number of carboxylic acid groups (broad SMARTS) is 1. The number of nitrogens with one attached hydrogen (secondary N) is 1. The molecule has 41 heavy (non-hydrogen) atoms. The van der Waals surface area contributed by atoms with Crippen molar-refractivity contribution < 1.29 is 24.2 Å². The topological polar surface area (TPSA) is 91.3 Å². The van der Waals surface area contributed by atoms with Crippen LogP contribution in [0.1, 0.15) is 35.4 Å². The molecular weight excluding hydrogens is 518 g/mol. The lowest BCUT2D eigenvalue weighted by molar-refractivity contribution is -0.145. The van der Waals surface area contributed by atoms with E-state index >= 15 is 0 Å². The fraction of sp³-hybridized carbons (Fsp3) is 0.333. The molecule has 2 aliphatic heterocycles. The van der Waals surface area contributed by atoms with E-state index in [9.17, 15) is 9.59 Å². The van der Waals surface area contributed by atoms with E-state index in [1.807, 2.05) is 71.6 Å². The van der Waals surface area contributed by atoms with Crippen molar-refractivity contribution in [3.05, 3.63) is 95.6 Å². The van der Waals surface area contributed by atoms with Crippen molar-refractivity contribution in [2.75, 3.05) is 45.3 Å². The van der Waals surface area contributed by atoms with E-state index in [0.29, 0.717) is 25.4 Å². The number of rotatable bonds is 7. The molecule has 0 saturated carbocycles. The number of carbonyl (C=O) groups excluding carboxylic acids is 1. The van der Waals surface area contributed by atoms with Crippen molar-refractivity contribution in [3.8, 4) is 17.6 Å². The molecule has 0 aromatic heterocycles. The summed E-state index contributed by atoms with van der Waals surface area (Å²) in [6, 6.07) is 25.4. The second-order valence-corrected chi connectivity index (χ2v) is 10.4. The maximum Gasteiger partial charge on any atom is 0.329 e. The largest absolute Gasteiger partial charge is 0.497 e. The number of methoxy groups -OCH3 is 1. The normalized spacial score (nSPS) is 20.3. The number of benzene rings is 3. The summed E-state index contributed by atoms with van der Waals surface area (Å²) in [6.45, 7) is 2.12. The predicted octanol–water partition coefficient (Wildman–Crippen LogP) is 4.66. The molecule has 0 unspecified atom stereocenters. The van der Waals surface area contributed by atoms with Gasteiger partial charge in [-0.25, -0.2) is 9.59 Å². The van der Waals surface area contributed by atoms with E-state index < -0.39 is 5.97 Å². The Morgan fingerprint density at radius 3 is 2.29 bits per heavy atom. The Balaban J connectivity index is 1.33. The molecule has 212 valence electrons. The maximum absolute atomic E-state index is 13.3. The highest BCUT2D eigenvalue weighted by Gasteiger charge is 2.50. The molecule has 0 radical (unpaired) electrons. The molecule has 2 fully saturated rings. The number of hydrogen-bond acceptors (Lipinski definition) is 5. The van der Waals surface area contributed by atoms with Crippen LogP contribution in [0.3, 0.4) is 0 Å². The van der Waals surface area contributed by atoms with E-state index in [0.717, 1.165) is 41.8 Å². The first-order valence-corrected chi connectivity index (χ1v) is 13.9. The third-order valence-electron chi connectivity index (χ3n) is 7.75. The Morgan fingerprint density at radius 1 is 0.927 bits per heavy atom. The predicted molar refractivity (Wildman–Crippen MR) is 157 cm³/mol. The third-order valence-corrected chi connectivity index (χ3v) is 7.75. The SMILES string of the molecule is COc1ccc(NC(=O)N2CCCCN3[C@H](COCC(=O)O)[C@H](c4ccc(C#Cc5ccccc5)cc4)[C@@H]3C2)cc1. The number of anilines is 1. The van der Waals surface area contributed by atoms with Crippen LogP contribution in [-0.4, -0.2) is 78.9 Å². The summed E-state index contributed by atoms with van der Waals surface area (Å²) in [6.07, 6.45) is 1.83. The van der Waals surface area contributed by atoms with Gasteiger partial charge in [-0.1, -0.05) is 42.2 Å². The van der Waals surface area contributed by atoms with Gasteiger partial charge in [-0.2, -0.15) is 0 Å². The number of ether oxygens (including phenoxy) is 2. The minimum Gasteiger partial charge on any atom is -0.497 e. The molecule has 2 heterocycles. The number of carbonyl (C=O) groups is 2. The first-order chi connectivity index (χ1) is 20.0. The quantitative estimate of drug-likeness (QED) is 0.414. The summed E-state index contributed by atoms with van der Waals surface area (Å²) in [7, 11) is 1.61. The van der Waals surface area contributed by atoms with Gasteiger partial charge in [-0.15, -0.1) is 0 Å². The molecule has 3 atom stereocenters. The van der Waals surface area contributed by atoms with Gasteiger partial charge in [0.05, 0.1) is 13.7 Å². The van der Waals surface area contributed by atoms with Crippen LogP contribution in [0.25, 0.3) is 0 Å². The zero-order valence-electron chi connectivity index (χ0n) is 23.2. The molecular formula is C33H35N3O5. The van der Waals surface area contributed by atoms with Crippen LogP contribution in [0.15, 0.2) is 78.9 Å². The Hall–Kier alpha value is -4.32. The van der Waals surface area contributed by atoms with Crippen molar-refractivity contribution in [3.63, 3.8) is 0 Å². The van der Waals surface area contributed by atoms with E-state index in [4.69, 9.17) is 14.6 Å². The van der Waals surface area contributed by atoms with E-state index in [2.05, 4.69) is 34.2 Å². The van der Waals surface area contributed by atoms with Crippen molar-refractivity contribution in [2.45, 2.75) is 30.8 Å². The zero-order chi connectivity index (χ0) is 28.6. The standard InChI is InChI=1S/C33H35N3O5/c1-40-28-17-15-27(16-18-28)34-33(39)35-19-5-6-20-36-29(21-35)32(30(36)22-41-23-31(37)38)26-13-11-25(12-14-26)10-9-24-7-3-2-4-8-24/h2-4,7-8,11-18,29-30,32H,5-6,19-23H2,1H3,(H,34,39)(H,37,38)/t29-,30+,32+/m0/s1. The summed E-state index contributed by atoms with van der Waals surface area (Å²) >= 11 is 0. The number of hydrogen-bond donors (Lipinski definition) is 2. The van der Waals surface area contributed by atoms with Gasteiger partial charge in [-0.3, -0.25) is 4.90 Å². The monoisotopic (exact) mass is 553 g/mol. The molecule has 3 aromatic carbocycles. The fourth-order valence-corrected chi connectivity index (χ4v) is 5.70. The van der Waals surface area contributed by atoms with E-state index in [1.54, 1.807) is 7.11 Å². The second kappa shape index (κ2) is 13.4. The highest BCUT2D eigenvalue weighted by Crippen LogP contribution is 2.42. The number of amides is 2. The maximum atomic E-state index is 13.3. The van der Waals surface area contributed by atoms with Crippen molar-refractivity contribution in [2.24, 2.45) is 0 Å². The van der Waals surface area contributed by atoms with Crippen LogP contribution >= 0.6 is 0 Å². The lowest BCUT2D eigenvalue weighted by Gasteiger charge is -2.57. The Labute approximate surface area is 240 Å². The Bertz CT molecular complexity index is 1380. The Kier molecular flexibility index (Phi) is 9.19. The summed E-state index contributed by atoms with van der Waals surface area (Å²) in [4.78, 5) is 28.7. The smallest absolute Gasteiger partial charge is 0.329 e. The molecule has 2 amide bonds. The average Bonchev–Trinajstić information content (AvgIpc) is 2.98. The van der Waals surface area contributed by atoms with Crippen LogP contribution < -0.4 is 10.1 Å². The van der Waals surface area contributed by atoms with E-state index in [1.165, 1.54) is 0 Å². The third kappa shape index (κ3) is 7.07. The van der Waals surface area contributed by atoms with Crippen LogP contribution in [-0.2, 0) is 9.53 Å². The van der Waals surface area contributed by atoms with Gasteiger partial charge in [0.25, 0.3) is 0 Å². The molecule has 0 spiro atoms. The minimum atomic E-state index is -0.979. The summed E-state index contributed by atoms with van der Waals surface area (Å²) in [5.74, 6) is 6.27. The van der Waals surface area contributed by atoms with Crippen LogP contribution in [0.4, 0.5) is 10.5 Å². The second-order valence-electron chi connectivity index (χ2n) is 10.4. The molecule has 5 rings (SSSR count). The fourth-order valence-electron chi connectivity index (χ4n) is 5.70. The number of aliphatic carboxylic acids is 1. The summed E-state index contributed by atoms with van der Waals surface area (Å²) in [5.41, 5.74) is 3.73. The average molecular weight is 554 g/mol. The van der Waals surface area contributed by atoms with Crippen LogP contribution in [0.2, 0.25) is 0 Å². The van der Waals surface area contributed by atoms with Gasteiger partial charge in [0, 0.05) is 47.9 Å². The molecule has 3 aromatic rings. The van der Waals surface area contributed by atoms with Gasteiger partial charge in [0.15, 0.2) is 0 Å². The van der Waals surface area contributed by atoms with E-state index in [-0.39, 0.29) is 30.6 Å². The zero-order valence-corrected chi connectivity index (χ0v) is 23.2. The van der Waals surface area contributed by atoms with Crippen molar-refractivity contribution >= 4 is 17.7 Å². The van der Waals surface area contributed by atoms with Gasteiger partial charge < -0.3 is 24.8 Å². The highest BCUT2D eigenvalue weighted by atomic mass is 16.5. The molecule has 2 saturated heterocycles. The van der Waals surface area contributed by atoms with Crippen LogP contribution in [0.5, 0.6) is 5.75 Å². The lowest BCUT2D eigenvalue weighted by atomic mass is 9.74. The number of fused-ring (bicyclic) bond motifs is 1. The van der Waals surface area contributed by atoms with Crippen molar-refractivity contribution in [1.29, 1.82) is 0 Å². The van der Waals surface area contributed by atoms with Crippen molar-refractivity contribution in [1.82, 2.24) is 9.80 Å². The molecule has 8 nitrogen and oxygen atoms in total. The summed E-state index contributed by atoms with van der Waals surface area (Å²) < 4.78 is 10.8. The first kappa shape index (κ1) is 28.2. The first-order valence-electron chi connectivity index (χ1n) is 13.9. The summed E-state index contributed by atoms with van der Waals surface area (Å²) in [5, 5.41) is 12.1. The molecule has 2 aliphatic rings. The molecule has 2 N–H and O–H groups in total. The number of urea groups is 1. The Morgan fingerprint density at radius 2 is 1.61 bits per heavy atom. The van der Waals surface area contributed by atoms with Gasteiger partial charge in [0.2, 0.25) is 0 Å². The molecule has 0 bridgehead atoms.